The summed E-state index contributed by atoms with van der Waals surface area (Å²) in [5, 5.41) is 4.28. The van der Waals surface area contributed by atoms with Crippen molar-refractivity contribution in [3.63, 3.8) is 0 Å². The van der Waals surface area contributed by atoms with Gasteiger partial charge in [0.15, 0.2) is 5.16 Å². The van der Waals surface area contributed by atoms with Crippen LogP contribution in [0.3, 0.4) is 0 Å². The number of aryl methyl sites for hydroxylation is 1. The molecule has 0 unspecified atom stereocenters. The van der Waals surface area contributed by atoms with E-state index in [2.05, 4.69) is 41.1 Å². The van der Waals surface area contributed by atoms with Crippen molar-refractivity contribution in [3.05, 3.63) is 35.5 Å². The topological polar surface area (TPSA) is 46.9 Å². The first kappa shape index (κ1) is 16.7. The fourth-order valence-electron chi connectivity index (χ4n) is 3.83. The molecule has 1 aliphatic carbocycles. The Morgan fingerprint density at radius 2 is 2.00 bits per heavy atom. The van der Waals surface area contributed by atoms with Crippen LogP contribution in [0.1, 0.15) is 43.4 Å². The summed E-state index contributed by atoms with van der Waals surface area (Å²) in [6.07, 6.45) is 5.72. The average Bonchev–Trinajstić information content (AvgIpc) is 3.23. The number of benzene rings is 1. The number of thioether (sulfide) groups is 1. The zero-order valence-electron chi connectivity index (χ0n) is 14.8. The molecule has 1 amide bonds. The number of amides is 1. The van der Waals surface area contributed by atoms with Gasteiger partial charge in [0.05, 0.1) is 17.9 Å². The highest BCUT2D eigenvalue weighted by atomic mass is 32.2. The third-order valence-electron chi connectivity index (χ3n) is 5.31. The number of rotatable bonds is 4. The van der Waals surface area contributed by atoms with E-state index in [-0.39, 0.29) is 11.8 Å². The van der Waals surface area contributed by atoms with Crippen molar-refractivity contribution in [2.45, 2.75) is 57.3 Å². The van der Waals surface area contributed by atoms with E-state index in [1.165, 1.54) is 24.8 Å². The van der Waals surface area contributed by atoms with Gasteiger partial charge in [-0.15, -0.1) is 0 Å². The molecule has 1 saturated carbocycles. The molecule has 5 heteroatoms. The highest BCUT2D eigenvalue weighted by Gasteiger charge is 2.25. The molecular formula is C20H25N3OS. The van der Waals surface area contributed by atoms with Crippen molar-refractivity contribution >= 4 is 17.7 Å². The summed E-state index contributed by atoms with van der Waals surface area (Å²) in [5.41, 5.74) is 4.55. The van der Waals surface area contributed by atoms with Gasteiger partial charge in [-0.05, 0) is 19.8 Å². The Balaban J connectivity index is 1.55. The minimum absolute atomic E-state index is 0.201. The first-order valence-electron chi connectivity index (χ1n) is 9.29. The van der Waals surface area contributed by atoms with Crippen LogP contribution in [0.4, 0.5) is 0 Å². The van der Waals surface area contributed by atoms with Gasteiger partial charge < -0.3 is 9.88 Å². The Morgan fingerprint density at radius 3 is 2.76 bits per heavy atom. The van der Waals surface area contributed by atoms with Crippen molar-refractivity contribution in [1.29, 1.82) is 0 Å². The first-order valence-corrected chi connectivity index (χ1v) is 10.3. The van der Waals surface area contributed by atoms with Crippen molar-refractivity contribution in [2.75, 3.05) is 5.75 Å². The SMILES string of the molecule is Cc1ccc(-c2nc3n(c2CNC(=O)C2CCCCC2)CCS3)cc1. The van der Waals surface area contributed by atoms with Gasteiger partial charge >= 0.3 is 0 Å². The summed E-state index contributed by atoms with van der Waals surface area (Å²) in [4.78, 5) is 17.4. The van der Waals surface area contributed by atoms with Crippen LogP contribution < -0.4 is 5.32 Å². The number of imidazole rings is 1. The van der Waals surface area contributed by atoms with E-state index in [0.717, 1.165) is 47.2 Å². The fraction of sp³-hybridized carbons (Fsp3) is 0.500. The summed E-state index contributed by atoms with van der Waals surface area (Å²) in [5.74, 6) is 1.49. The molecule has 0 atom stereocenters. The predicted molar refractivity (Wildman–Crippen MR) is 102 cm³/mol. The first-order chi connectivity index (χ1) is 12.2. The Morgan fingerprint density at radius 1 is 1.24 bits per heavy atom. The Labute approximate surface area is 153 Å². The maximum Gasteiger partial charge on any atom is 0.223 e. The van der Waals surface area contributed by atoms with Crippen LogP contribution in [-0.2, 0) is 17.9 Å². The van der Waals surface area contributed by atoms with Gasteiger partial charge in [0.25, 0.3) is 0 Å². The highest BCUT2D eigenvalue weighted by molar-refractivity contribution is 7.99. The normalized spacial score (nSPS) is 17.5. The van der Waals surface area contributed by atoms with Gasteiger partial charge in [0, 0.05) is 23.8 Å². The zero-order valence-corrected chi connectivity index (χ0v) is 15.6. The Hall–Kier alpha value is -1.75. The minimum Gasteiger partial charge on any atom is -0.350 e. The third kappa shape index (κ3) is 3.47. The second-order valence-corrected chi connectivity index (χ2v) is 8.17. The van der Waals surface area contributed by atoms with Crippen LogP contribution in [0, 0.1) is 12.8 Å². The monoisotopic (exact) mass is 355 g/mol. The smallest absolute Gasteiger partial charge is 0.223 e. The molecule has 25 heavy (non-hydrogen) atoms. The molecular weight excluding hydrogens is 330 g/mol. The molecule has 1 fully saturated rings. The van der Waals surface area contributed by atoms with E-state index in [1.54, 1.807) is 11.8 Å². The number of carbonyl (C=O) groups is 1. The fourth-order valence-corrected chi connectivity index (χ4v) is 4.80. The average molecular weight is 356 g/mol. The van der Waals surface area contributed by atoms with Crippen LogP contribution in [-0.4, -0.2) is 21.2 Å². The molecule has 1 aromatic carbocycles. The van der Waals surface area contributed by atoms with Crippen molar-refractivity contribution in [2.24, 2.45) is 5.92 Å². The number of hydrogen-bond donors (Lipinski definition) is 1. The van der Waals surface area contributed by atoms with Crippen molar-refractivity contribution in [3.8, 4) is 11.3 Å². The molecule has 4 rings (SSSR count). The van der Waals surface area contributed by atoms with Gasteiger partial charge in [-0.1, -0.05) is 60.9 Å². The summed E-state index contributed by atoms with van der Waals surface area (Å²) in [6, 6.07) is 8.50. The Kier molecular flexibility index (Phi) is 4.84. The molecule has 0 radical (unpaired) electrons. The van der Waals surface area contributed by atoms with Gasteiger partial charge in [-0.3, -0.25) is 4.79 Å². The van der Waals surface area contributed by atoms with E-state index >= 15 is 0 Å². The number of nitrogens with zero attached hydrogens (tertiary/aromatic N) is 2. The lowest BCUT2D eigenvalue weighted by Gasteiger charge is -2.21. The summed E-state index contributed by atoms with van der Waals surface area (Å²) >= 11 is 1.80. The molecule has 2 heterocycles. The van der Waals surface area contributed by atoms with E-state index in [1.807, 2.05) is 0 Å². The molecule has 0 bridgehead atoms. The molecule has 2 aliphatic rings. The van der Waals surface area contributed by atoms with Gasteiger partial charge in [0.2, 0.25) is 5.91 Å². The van der Waals surface area contributed by atoms with Gasteiger partial charge in [-0.2, -0.15) is 0 Å². The number of carbonyl (C=O) groups excluding carboxylic acids is 1. The maximum absolute atomic E-state index is 12.5. The van der Waals surface area contributed by atoms with E-state index < -0.39 is 0 Å². The molecule has 0 saturated heterocycles. The molecule has 1 aromatic heterocycles. The third-order valence-corrected chi connectivity index (χ3v) is 6.27. The number of hydrogen-bond acceptors (Lipinski definition) is 3. The molecule has 0 spiro atoms. The van der Waals surface area contributed by atoms with E-state index in [9.17, 15) is 4.79 Å². The maximum atomic E-state index is 12.5. The van der Waals surface area contributed by atoms with E-state index in [4.69, 9.17) is 4.98 Å². The lowest BCUT2D eigenvalue weighted by atomic mass is 9.88. The Bertz CT molecular complexity index is 760. The second kappa shape index (κ2) is 7.24. The lowest BCUT2D eigenvalue weighted by Crippen LogP contribution is -2.32. The van der Waals surface area contributed by atoms with Crippen molar-refractivity contribution < 1.29 is 4.79 Å². The molecule has 4 nitrogen and oxygen atoms in total. The highest BCUT2D eigenvalue weighted by Crippen LogP contribution is 2.33. The summed E-state index contributed by atoms with van der Waals surface area (Å²) in [6.45, 7) is 3.65. The number of aromatic nitrogens is 2. The second-order valence-electron chi connectivity index (χ2n) is 7.11. The standard InChI is InChI=1S/C20H25N3OS/c1-14-7-9-15(10-8-14)18-17(23-11-12-25-20(23)22-18)13-21-19(24)16-5-3-2-4-6-16/h7-10,16H,2-6,11-13H2,1H3,(H,21,24). The quantitative estimate of drug-likeness (QED) is 0.896. The minimum atomic E-state index is 0.201. The summed E-state index contributed by atoms with van der Waals surface area (Å²) in [7, 11) is 0. The van der Waals surface area contributed by atoms with Crippen LogP contribution in [0.5, 0.6) is 0 Å². The predicted octanol–water partition coefficient (Wildman–Crippen LogP) is 4.16. The van der Waals surface area contributed by atoms with Crippen LogP contribution in [0.25, 0.3) is 11.3 Å². The molecule has 1 aliphatic heterocycles. The largest absolute Gasteiger partial charge is 0.350 e. The number of fused-ring (bicyclic) bond motifs is 1. The molecule has 2 aromatic rings. The van der Waals surface area contributed by atoms with Gasteiger partial charge in [-0.25, -0.2) is 4.98 Å². The van der Waals surface area contributed by atoms with Gasteiger partial charge in [0.1, 0.15) is 0 Å². The molecule has 1 N–H and O–H groups in total. The molecule has 132 valence electrons. The van der Waals surface area contributed by atoms with Crippen LogP contribution in [0.15, 0.2) is 29.4 Å². The van der Waals surface area contributed by atoms with Crippen LogP contribution in [0.2, 0.25) is 0 Å². The van der Waals surface area contributed by atoms with Crippen molar-refractivity contribution in [1.82, 2.24) is 14.9 Å². The zero-order chi connectivity index (χ0) is 17.2. The van der Waals surface area contributed by atoms with E-state index in [0.29, 0.717) is 6.54 Å². The number of nitrogens with one attached hydrogen (secondary N) is 1. The summed E-state index contributed by atoms with van der Waals surface area (Å²) < 4.78 is 2.28. The van der Waals surface area contributed by atoms with Crippen LogP contribution >= 0.6 is 11.8 Å². The lowest BCUT2D eigenvalue weighted by molar-refractivity contribution is -0.126.